The van der Waals surface area contributed by atoms with E-state index in [0.29, 0.717) is 83.3 Å². The maximum atomic E-state index is 15.6. The standard InChI is InChI=1S/C49H60ClFN8O8/c1-48(2)46(49(3,4)47(48)67-33-7-6-31(26-52)36(50)23-33)55-43(61)35-27-53-41(25-40(35)66-21-20-65-19-18-64-5)58-12-10-30(11-13-58)28-56-14-16-57(17-15-56)39-24-34-32(22-37(39)51)29-59(45(34)63)38-8-9-42(60)54-44(38)62/h6-7,22-25,27,30,38,46-47H,8-21,28-29H2,1-5H3,(H,55,61)(H,54,60,62). The first-order valence-electron chi connectivity index (χ1n) is 23.1. The third-order valence-corrected chi connectivity index (χ3v) is 14.5. The van der Waals surface area contributed by atoms with Crippen LogP contribution in [0.4, 0.5) is 15.9 Å². The Balaban J connectivity index is 0.856. The number of carbonyl (C=O) groups excluding carboxylic acids is 4. The Kier molecular flexibility index (Phi) is 14.3. The van der Waals surface area contributed by atoms with Crippen LogP contribution in [0, 0.1) is 33.9 Å². The van der Waals surface area contributed by atoms with Crippen LogP contribution in [-0.2, 0) is 25.6 Å². The van der Waals surface area contributed by atoms with Crippen molar-refractivity contribution in [2.45, 2.75) is 78.1 Å². The summed E-state index contributed by atoms with van der Waals surface area (Å²) in [6.07, 6.45) is 3.64. The Morgan fingerprint density at radius 2 is 1.69 bits per heavy atom. The molecule has 3 aromatic rings. The molecule has 1 aromatic heterocycles. The number of fused-ring (bicyclic) bond motifs is 1. The first kappa shape index (κ1) is 47.9. The van der Waals surface area contributed by atoms with Crippen LogP contribution in [-0.4, -0.2) is 136 Å². The monoisotopic (exact) mass is 942 g/mol. The first-order valence-corrected chi connectivity index (χ1v) is 23.5. The molecule has 0 radical (unpaired) electrons. The van der Waals surface area contributed by atoms with Crippen LogP contribution in [0.3, 0.4) is 0 Å². The number of hydrogen-bond donors (Lipinski definition) is 2. The van der Waals surface area contributed by atoms with Gasteiger partial charge in [-0.25, -0.2) is 9.37 Å². The molecular formula is C49H60ClFN8O8. The molecule has 358 valence electrons. The zero-order valence-corrected chi connectivity index (χ0v) is 39.6. The largest absolute Gasteiger partial charge is 0.490 e. The Morgan fingerprint density at radius 1 is 0.955 bits per heavy atom. The summed E-state index contributed by atoms with van der Waals surface area (Å²) >= 11 is 6.30. The summed E-state index contributed by atoms with van der Waals surface area (Å²) < 4.78 is 39.0. The van der Waals surface area contributed by atoms with Gasteiger partial charge in [-0.15, -0.1) is 0 Å². The molecule has 4 amide bonds. The van der Waals surface area contributed by atoms with E-state index >= 15 is 4.39 Å². The van der Waals surface area contributed by atoms with Crippen LogP contribution in [0.15, 0.2) is 42.6 Å². The molecule has 8 rings (SSSR count). The highest BCUT2D eigenvalue weighted by molar-refractivity contribution is 6.31. The third-order valence-electron chi connectivity index (χ3n) is 14.2. The predicted octanol–water partition coefficient (Wildman–Crippen LogP) is 5.20. The summed E-state index contributed by atoms with van der Waals surface area (Å²) in [6, 6.07) is 11.0. The smallest absolute Gasteiger partial charge is 0.256 e. The fourth-order valence-electron chi connectivity index (χ4n) is 10.8. The van der Waals surface area contributed by atoms with E-state index in [1.165, 1.54) is 11.0 Å². The molecule has 4 aliphatic heterocycles. The van der Waals surface area contributed by atoms with Crippen molar-refractivity contribution in [1.29, 1.82) is 5.26 Å². The van der Waals surface area contributed by atoms with Crippen LogP contribution < -0.4 is 29.9 Å². The van der Waals surface area contributed by atoms with Gasteiger partial charge in [0.25, 0.3) is 11.8 Å². The number of ether oxygens (including phenoxy) is 4. The van der Waals surface area contributed by atoms with Gasteiger partial charge in [-0.2, -0.15) is 5.26 Å². The zero-order valence-electron chi connectivity index (χ0n) is 38.9. The number of halogens is 2. The summed E-state index contributed by atoms with van der Waals surface area (Å²) in [5.41, 5.74) is 1.12. The van der Waals surface area contributed by atoms with E-state index in [4.69, 9.17) is 35.5 Å². The molecule has 0 spiro atoms. The summed E-state index contributed by atoms with van der Waals surface area (Å²) in [7, 11) is 1.61. The molecule has 18 heteroatoms. The van der Waals surface area contributed by atoms with E-state index < -0.39 is 22.8 Å². The number of imide groups is 1. The number of piperidine rings is 2. The average Bonchev–Trinajstić information content (AvgIpc) is 3.62. The van der Waals surface area contributed by atoms with Gasteiger partial charge in [0.2, 0.25) is 11.8 Å². The fraction of sp³-hybridized carbons (Fsp3) is 0.551. The molecule has 2 aromatic carbocycles. The quantitative estimate of drug-likeness (QED) is 0.142. The highest BCUT2D eigenvalue weighted by atomic mass is 35.5. The molecule has 5 heterocycles. The number of nitrogens with zero attached hydrogens (tertiary/aromatic N) is 6. The Bertz CT molecular complexity index is 2400. The summed E-state index contributed by atoms with van der Waals surface area (Å²) in [6.45, 7) is 15.0. The lowest BCUT2D eigenvalue weighted by atomic mass is 9.49. The number of rotatable bonds is 16. The van der Waals surface area contributed by atoms with Gasteiger partial charge in [0.15, 0.2) is 0 Å². The Labute approximate surface area is 396 Å². The molecule has 5 aliphatic rings. The Morgan fingerprint density at radius 3 is 2.37 bits per heavy atom. The molecule has 1 atom stereocenters. The van der Waals surface area contributed by atoms with E-state index in [1.54, 1.807) is 37.6 Å². The number of hydrogen-bond acceptors (Lipinski definition) is 13. The lowest BCUT2D eigenvalue weighted by Crippen LogP contribution is -2.74. The SMILES string of the molecule is COCCOCCOc1cc(N2CCC(CN3CCN(c4cc5c(cc4F)CN(C4CCC(=O)NC4=O)C5=O)CC3)CC2)ncc1C(=O)NC1C(C)(C)C(Oc2ccc(C#N)c(Cl)c2)C1(C)C. The van der Waals surface area contributed by atoms with Gasteiger partial charge in [0, 0.05) is 107 Å². The number of carbonyl (C=O) groups is 4. The minimum Gasteiger partial charge on any atom is -0.490 e. The molecule has 1 saturated carbocycles. The number of piperazine rings is 1. The molecule has 1 aliphatic carbocycles. The van der Waals surface area contributed by atoms with Gasteiger partial charge >= 0.3 is 0 Å². The number of aromatic nitrogens is 1. The minimum absolute atomic E-state index is 0.138. The topological polar surface area (TPSA) is 179 Å². The van der Waals surface area contributed by atoms with Crippen molar-refractivity contribution in [3.05, 3.63) is 75.7 Å². The van der Waals surface area contributed by atoms with Crippen molar-refractivity contribution in [2.24, 2.45) is 16.7 Å². The zero-order chi connectivity index (χ0) is 47.6. The van der Waals surface area contributed by atoms with Crippen LogP contribution >= 0.6 is 11.6 Å². The second kappa shape index (κ2) is 20.0. The van der Waals surface area contributed by atoms with Gasteiger partial charge in [-0.3, -0.25) is 29.4 Å². The lowest BCUT2D eigenvalue weighted by molar-refractivity contribution is -0.164. The van der Waals surface area contributed by atoms with Crippen LogP contribution in [0.1, 0.15) is 85.2 Å². The molecule has 3 saturated heterocycles. The van der Waals surface area contributed by atoms with Crippen molar-refractivity contribution in [2.75, 3.05) is 89.2 Å². The molecule has 4 fully saturated rings. The van der Waals surface area contributed by atoms with E-state index in [1.807, 2.05) is 11.0 Å². The van der Waals surface area contributed by atoms with Crippen LogP contribution in [0.2, 0.25) is 5.02 Å². The third kappa shape index (κ3) is 10.0. The average molecular weight is 944 g/mol. The Hall–Kier alpha value is -5.54. The van der Waals surface area contributed by atoms with Crippen molar-refractivity contribution in [1.82, 2.24) is 25.4 Å². The van der Waals surface area contributed by atoms with Crippen molar-refractivity contribution < 1.29 is 42.5 Å². The van der Waals surface area contributed by atoms with E-state index in [2.05, 4.69) is 54.2 Å². The molecule has 1 unspecified atom stereocenters. The van der Waals surface area contributed by atoms with E-state index in [0.717, 1.165) is 51.4 Å². The van der Waals surface area contributed by atoms with Gasteiger partial charge in [0.05, 0.1) is 41.7 Å². The van der Waals surface area contributed by atoms with Gasteiger partial charge in [-0.1, -0.05) is 39.3 Å². The maximum absolute atomic E-state index is 15.6. The normalized spacial score (nSPS) is 22.7. The number of amides is 4. The van der Waals surface area contributed by atoms with E-state index in [-0.39, 0.29) is 61.7 Å². The van der Waals surface area contributed by atoms with Crippen LogP contribution in [0.5, 0.6) is 11.5 Å². The fourth-order valence-corrected chi connectivity index (χ4v) is 11.1. The predicted molar refractivity (Wildman–Crippen MR) is 248 cm³/mol. The lowest BCUT2D eigenvalue weighted by Gasteiger charge is -2.63. The minimum atomic E-state index is -0.748. The van der Waals surface area contributed by atoms with Crippen molar-refractivity contribution >= 4 is 46.7 Å². The molecule has 67 heavy (non-hydrogen) atoms. The maximum Gasteiger partial charge on any atom is 0.256 e. The summed E-state index contributed by atoms with van der Waals surface area (Å²) in [4.78, 5) is 64.6. The summed E-state index contributed by atoms with van der Waals surface area (Å²) in [5.74, 6) is 0.318. The number of anilines is 2. The number of nitrogens with one attached hydrogen (secondary N) is 2. The van der Waals surface area contributed by atoms with E-state index in [9.17, 15) is 24.4 Å². The second-order valence-corrected chi connectivity index (χ2v) is 19.8. The molecule has 0 bridgehead atoms. The molecule has 16 nitrogen and oxygen atoms in total. The number of pyridine rings is 1. The highest BCUT2D eigenvalue weighted by Gasteiger charge is 2.64. The molecule has 2 N–H and O–H groups in total. The number of benzene rings is 2. The highest BCUT2D eigenvalue weighted by Crippen LogP contribution is 2.56. The van der Waals surface area contributed by atoms with Crippen molar-refractivity contribution in [3.8, 4) is 17.6 Å². The molecular weight excluding hydrogens is 883 g/mol. The van der Waals surface area contributed by atoms with Crippen LogP contribution in [0.25, 0.3) is 0 Å². The number of methoxy groups -OCH3 is 1. The van der Waals surface area contributed by atoms with Gasteiger partial charge in [0.1, 0.15) is 48.0 Å². The van der Waals surface area contributed by atoms with Crippen molar-refractivity contribution in [3.63, 3.8) is 0 Å². The second-order valence-electron chi connectivity index (χ2n) is 19.4. The van der Waals surface area contributed by atoms with Gasteiger partial charge < -0.3 is 39.0 Å². The first-order chi connectivity index (χ1) is 32.1. The number of nitriles is 1. The van der Waals surface area contributed by atoms with Gasteiger partial charge in [-0.05, 0) is 55.0 Å². The summed E-state index contributed by atoms with van der Waals surface area (Å²) in [5, 5.41) is 15.2.